The number of hydrogen-bond donors (Lipinski definition) is 2. The molecule has 2 aromatic heterocycles. The number of nitrogens with zero attached hydrogens (tertiary/aromatic N) is 3. The number of hydrogen-bond acceptors (Lipinski definition) is 8. The van der Waals surface area contributed by atoms with Crippen LogP contribution in [0.1, 0.15) is 16.9 Å². The molecule has 0 spiro atoms. The number of nitro groups is 1. The number of benzene rings is 4. The highest BCUT2D eigenvalue weighted by molar-refractivity contribution is 6.32. The number of non-ortho nitro benzene ring substituents is 1. The number of furan rings is 1. The van der Waals surface area contributed by atoms with Gasteiger partial charge < -0.3 is 19.8 Å². The first-order valence-electron chi connectivity index (χ1n) is 14.1. The maximum absolute atomic E-state index is 13.5. The summed E-state index contributed by atoms with van der Waals surface area (Å²) in [6, 6.07) is 27.8. The second-order valence-corrected chi connectivity index (χ2v) is 10.7. The minimum Gasteiger partial charge on any atom is -0.487 e. The number of rotatable bonds is 12. The smallest absolute Gasteiger partial charge is 0.269 e. The van der Waals surface area contributed by atoms with Gasteiger partial charge in [-0.15, -0.1) is 0 Å². The van der Waals surface area contributed by atoms with Crippen molar-refractivity contribution in [3.8, 4) is 17.1 Å². The van der Waals surface area contributed by atoms with Gasteiger partial charge in [0.05, 0.1) is 22.0 Å². The molecule has 0 fully saturated rings. The molecule has 2 N–H and O–H groups in total. The zero-order chi connectivity index (χ0) is 31.2. The van der Waals surface area contributed by atoms with Crippen molar-refractivity contribution in [3.05, 3.63) is 141 Å². The first-order chi connectivity index (χ1) is 21.9. The molecule has 45 heavy (non-hydrogen) atoms. The highest BCUT2D eigenvalue weighted by Gasteiger charge is 2.12. The fourth-order valence-corrected chi connectivity index (χ4v) is 5.02. The van der Waals surface area contributed by atoms with Crippen LogP contribution in [0.4, 0.5) is 21.6 Å². The predicted octanol–water partition coefficient (Wildman–Crippen LogP) is 8.25. The molecule has 0 aliphatic heterocycles. The number of nitrogens with one attached hydrogen (secondary N) is 2. The van der Waals surface area contributed by atoms with Crippen LogP contribution < -0.4 is 15.4 Å². The van der Waals surface area contributed by atoms with Crippen molar-refractivity contribution >= 4 is 39.7 Å². The van der Waals surface area contributed by atoms with Crippen LogP contribution in [0.25, 0.3) is 22.2 Å². The molecule has 0 aliphatic rings. The van der Waals surface area contributed by atoms with Gasteiger partial charge in [0.25, 0.3) is 5.69 Å². The number of aromatic nitrogens is 2. The Morgan fingerprint density at radius 3 is 2.60 bits per heavy atom. The average Bonchev–Trinajstić information content (AvgIpc) is 3.52. The summed E-state index contributed by atoms with van der Waals surface area (Å²) in [5.74, 6) is 2.26. The maximum Gasteiger partial charge on any atom is 0.269 e. The van der Waals surface area contributed by atoms with E-state index in [-0.39, 0.29) is 18.1 Å². The van der Waals surface area contributed by atoms with Gasteiger partial charge in [0, 0.05) is 28.8 Å². The number of fused-ring (bicyclic) bond motifs is 1. The summed E-state index contributed by atoms with van der Waals surface area (Å²) in [4.78, 5) is 19.3. The van der Waals surface area contributed by atoms with Gasteiger partial charge >= 0.3 is 0 Å². The predicted molar refractivity (Wildman–Crippen MR) is 171 cm³/mol. The summed E-state index contributed by atoms with van der Waals surface area (Å²) in [5.41, 5.74) is 4.15. The molecule has 0 unspecified atom stereocenters. The maximum atomic E-state index is 13.5. The molecule has 0 radical (unpaired) electrons. The third-order valence-electron chi connectivity index (χ3n) is 7.10. The van der Waals surface area contributed by atoms with E-state index in [1.54, 1.807) is 36.4 Å². The Kier molecular flexibility index (Phi) is 8.95. The summed E-state index contributed by atoms with van der Waals surface area (Å²) in [7, 11) is 0. The van der Waals surface area contributed by atoms with Gasteiger partial charge in [0.2, 0.25) is 0 Å². The standard InChI is InChI=1S/C34H27ClFN5O4/c35-30-18-26(7-12-33(30)44-20-23-2-1-3-25(36)16-23)40-34-29-17-24(6-11-31(29)38-21-39-34)32-13-10-28(45-32)19-37-15-14-22-4-8-27(9-5-22)41(42)43/h1-13,16-18,21,37H,14-15,19-20H2,(H,38,39,40). The summed E-state index contributed by atoms with van der Waals surface area (Å²) in [6.07, 6.45) is 2.23. The molecular formula is C34H27ClFN5O4. The molecule has 6 aromatic rings. The first kappa shape index (κ1) is 29.7. The van der Waals surface area contributed by atoms with Crippen LogP contribution in [-0.2, 0) is 19.6 Å². The Morgan fingerprint density at radius 1 is 0.933 bits per heavy atom. The number of halogens is 2. The highest BCUT2D eigenvalue weighted by Crippen LogP contribution is 2.33. The molecule has 6 rings (SSSR count). The van der Waals surface area contributed by atoms with E-state index in [0.29, 0.717) is 46.7 Å². The Balaban J connectivity index is 1.09. The van der Waals surface area contributed by atoms with Crippen molar-refractivity contribution in [1.29, 1.82) is 0 Å². The van der Waals surface area contributed by atoms with Gasteiger partial charge in [0.15, 0.2) is 0 Å². The average molecular weight is 624 g/mol. The van der Waals surface area contributed by atoms with Gasteiger partial charge in [-0.3, -0.25) is 10.1 Å². The molecule has 9 nitrogen and oxygen atoms in total. The zero-order valence-corrected chi connectivity index (χ0v) is 24.6. The van der Waals surface area contributed by atoms with E-state index in [0.717, 1.165) is 34.2 Å². The molecule has 2 heterocycles. The van der Waals surface area contributed by atoms with Crippen molar-refractivity contribution in [3.63, 3.8) is 0 Å². The minimum absolute atomic E-state index is 0.0850. The summed E-state index contributed by atoms with van der Waals surface area (Å²) >= 11 is 6.50. The molecule has 0 bridgehead atoms. The fourth-order valence-electron chi connectivity index (χ4n) is 4.79. The molecule has 0 saturated heterocycles. The minimum atomic E-state index is -0.402. The summed E-state index contributed by atoms with van der Waals surface area (Å²) in [6.45, 7) is 1.43. The van der Waals surface area contributed by atoms with Crippen molar-refractivity contribution < 1.29 is 18.5 Å². The monoisotopic (exact) mass is 623 g/mol. The molecule has 0 saturated carbocycles. The second-order valence-electron chi connectivity index (χ2n) is 10.3. The number of nitro benzene ring substituents is 1. The van der Waals surface area contributed by atoms with E-state index in [9.17, 15) is 14.5 Å². The van der Waals surface area contributed by atoms with Crippen LogP contribution in [-0.4, -0.2) is 21.4 Å². The van der Waals surface area contributed by atoms with Crippen LogP contribution in [0.15, 0.2) is 108 Å². The Bertz CT molecular complexity index is 1970. The van der Waals surface area contributed by atoms with Crippen LogP contribution in [0.2, 0.25) is 5.02 Å². The van der Waals surface area contributed by atoms with E-state index >= 15 is 0 Å². The molecule has 0 amide bonds. The molecular weight excluding hydrogens is 597 g/mol. The Hall–Kier alpha value is -5.32. The second kappa shape index (κ2) is 13.5. The normalized spacial score (nSPS) is 11.1. The van der Waals surface area contributed by atoms with Crippen molar-refractivity contribution in [1.82, 2.24) is 15.3 Å². The quantitative estimate of drug-likeness (QED) is 0.0795. The summed E-state index contributed by atoms with van der Waals surface area (Å²) < 4.78 is 25.4. The zero-order valence-electron chi connectivity index (χ0n) is 23.9. The molecule has 4 aromatic carbocycles. The van der Waals surface area contributed by atoms with Crippen LogP contribution in [0.5, 0.6) is 5.75 Å². The lowest BCUT2D eigenvalue weighted by Crippen LogP contribution is -2.16. The van der Waals surface area contributed by atoms with Crippen LogP contribution in [0, 0.1) is 15.9 Å². The first-order valence-corrected chi connectivity index (χ1v) is 14.5. The lowest BCUT2D eigenvalue weighted by Gasteiger charge is -2.12. The third kappa shape index (κ3) is 7.43. The van der Waals surface area contributed by atoms with Gasteiger partial charge in [-0.2, -0.15) is 0 Å². The van der Waals surface area contributed by atoms with Crippen LogP contribution >= 0.6 is 11.6 Å². The van der Waals surface area contributed by atoms with Crippen molar-refractivity contribution in [2.24, 2.45) is 0 Å². The van der Waals surface area contributed by atoms with E-state index < -0.39 is 4.92 Å². The Labute approximate surface area is 262 Å². The molecule has 0 atom stereocenters. The lowest BCUT2D eigenvalue weighted by molar-refractivity contribution is -0.384. The highest BCUT2D eigenvalue weighted by atomic mass is 35.5. The largest absolute Gasteiger partial charge is 0.487 e. The third-order valence-corrected chi connectivity index (χ3v) is 7.39. The summed E-state index contributed by atoms with van der Waals surface area (Å²) in [5, 5.41) is 18.7. The van der Waals surface area contributed by atoms with E-state index in [2.05, 4.69) is 20.6 Å². The van der Waals surface area contributed by atoms with E-state index in [1.165, 1.54) is 30.6 Å². The number of anilines is 2. The topological polar surface area (TPSA) is 115 Å². The number of ether oxygens (including phenoxy) is 1. The SMILES string of the molecule is O=[N+]([O-])c1ccc(CCNCc2ccc(-c3ccc4ncnc(Nc5ccc(OCc6cccc(F)c6)c(Cl)c5)c4c3)o2)cc1. The fraction of sp³-hybridized carbons (Fsp3) is 0.118. The van der Waals surface area contributed by atoms with Gasteiger partial charge in [-0.05, 0) is 84.8 Å². The van der Waals surface area contributed by atoms with Gasteiger partial charge in [-0.1, -0.05) is 35.9 Å². The van der Waals surface area contributed by atoms with Gasteiger partial charge in [-0.25, -0.2) is 14.4 Å². The van der Waals surface area contributed by atoms with Crippen molar-refractivity contribution in [2.75, 3.05) is 11.9 Å². The Morgan fingerprint density at radius 2 is 1.80 bits per heavy atom. The lowest BCUT2D eigenvalue weighted by atomic mass is 10.1. The molecule has 226 valence electrons. The van der Waals surface area contributed by atoms with Gasteiger partial charge in [0.1, 0.15) is 41.8 Å². The van der Waals surface area contributed by atoms with E-state index in [1.807, 2.05) is 36.4 Å². The van der Waals surface area contributed by atoms with Crippen LogP contribution in [0.3, 0.4) is 0 Å². The van der Waals surface area contributed by atoms with Crippen molar-refractivity contribution in [2.45, 2.75) is 19.6 Å². The van der Waals surface area contributed by atoms with E-state index in [4.69, 9.17) is 20.8 Å². The molecule has 0 aliphatic carbocycles. The molecule has 11 heteroatoms.